The van der Waals surface area contributed by atoms with E-state index < -0.39 is 0 Å². The number of pyridine rings is 1. The monoisotopic (exact) mass is 440 g/mol. The molecule has 0 aromatic carbocycles. The third-order valence-corrected chi connectivity index (χ3v) is 8.94. The van der Waals surface area contributed by atoms with E-state index in [1.54, 1.807) is 0 Å². The van der Waals surface area contributed by atoms with E-state index in [0.29, 0.717) is 11.8 Å². The zero-order chi connectivity index (χ0) is 21.1. The molecule has 172 valence electrons. The van der Waals surface area contributed by atoms with Gasteiger partial charge in [-0.25, -0.2) is 9.97 Å². The predicted octanol–water partition coefficient (Wildman–Crippen LogP) is 9.69. The van der Waals surface area contributed by atoms with E-state index in [9.17, 15) is 0 Å². The van der Waals surface area contributed by atoms with Crippen molar-refractivity contribution in [3.05, 3.63) is 22.8 Å². The second-order valence-corrected chi connectivity index (χ2v) is 11.4. The van der Waals surface area contributed by atoms with Gasteiger partial charge in [-0.3, -0.25) is 0 Å². The Balaban J connectivity index is 1.46. The van der Waals surface area contributed by atoms with Gasteiger partial charge in [0.25, 0.3) is 0 Å². The molecule has 2 aromatic rings. The number of hydrogen-bond donors (Lipinski definition) is 0. The molecule has 0 aliphatic heterocycles. The summed E-state index contributed by atoms with van der Waals surface area (Å²) in [7, 11) is 0. The fraction of sp³-hybridized carbons (Fsp3) is 0.786. The van der Waals surface area contributed by atoms with E-state index >= 15 is 0 Å². The fourth-order valence-electron chi connectivity index (χ4n) is 5.77. The van der Waals surface area contributed by atoms with Gasteiger partial charge in [0.2, 0.25) is 0 Å². The molecule has 4 rings (SSSR count). The predicted molar refractivity (Wildman–Crippen MR) is 135 cm³/mol. The van der Waals surface area contributed by atoms with Gasteiger partial charge >= 0.3 is 0 Å². The summed E-state index contributed by atoms with van der Waals surface area (Å²) in [5, 5.41) is 1.38. The summed E-state index contributed by atoms with van der Waals surface area (Å²) >= 11 is 1.94. The Bertz CT molecular complexity index is 745. The molecule has 2 heterocycles. The average molecular weight is 441 g/mol. The summed E-state index contributed by atoms with van der Waals surface area (Å²) in [5.41, 5.74) is 2.37. The molecule has 2 aromatic heterocycles. The summed E-state index contributed by atoms with van der Waals surface area (Å²) in [6.45, 7) is 0. The van der Waals surface area contributed by atoms with Crippen LogP contribution in [0.1, 0.15) is 151 Å². The topological polar surface area (TPSA) is 25.8 Å². The molecule has 2 aliphatic rings. The molecule has 0 amide bonds. The number of nitrogens with zero attached hydrogens (tertiary/aromatic N) is 2. The summed E-state index contributed by atoms with van der Waals surface area (Å²) in [5.74, 6) is 1.31. The number of thiazole rings is 1. The van der Waals surface area contributed by atoms with E-state index in [1.165, 1.54) is 144 Å². The van der Waals surface area contributed by atoms with Crippen LogP contribution in [-0.4, -0.2) is 9.97 Å². The number of rotatable bonds is 2. The van der Waals surface area contributed by atoms with Crippen LogP contribution in [-0.2, 0) is 0 Å². The molecule has 3 heteroatoms. The first-order valence-electron chi connectivity index (χ1n) is 13.7. The molecule has 0 bridgehead atoms. The summed E-state index contributed by atoms with van der Waals surface area (Å²) < 4.78 is 1.31. The number of fused-ring (bicyclic) bond motifs is 1. The van der Waals surface area contributed by atoms with Gasteiger partial charge in [0.15, 0.2) is 5.65 Å². The van der Waals surface area contributed by atoms with Gasteiger partial charge in [-0.05, 0) is 37.8 Å². The average Bonchev–Trinajstić information content (AvgIpc) is 3.21. The van der Waals surface area contributed by atoms with Gasteiger partial charge < -0.3 is 0 Å². The second-order valence-electron chi connectivity index (χ2n) is 10.3. The zero-order valence-electron chi connectivity index (χ0n) is 19.8. The van der Waals surface area contributed by atoms with Crippen LogP contribution in [0.4, 0.5) is 0 Å². The molecular formula is C28H44N2S. The van der Waals surface area contributed by atoms with E-state index in [2.05, 4.69) is 12.1 Å². The highest BCUT2D eigenvalue weighted by Crippen LogP contribution is 2.36. The van der Waals surface area contributed by atoms with E-state index in [-0.39, 0.29) is 0 Å². The van der Waals surface area contributed by atoms with Crippen molar-refractivity contribution in [1.29, 1.82) is 0 Å². The van der Waals surface area contributed by atoms with Crippen LogP contribution in [0.25, 0.3) is 10.3 Å². The Morgan fingerprint density at radius 3 is 1.48 bits per heavy atom. The molecular weight excluding hydrogens is 396 g/mol. The molecule has 2 nitrogen and oxygen atoms in total. The van der Waals surface area contributed by atoms with Gasteiger partial charge in [-0.15, -0.1) is 11.3 Å². The van der Waals surface area contributed by atoms with E-state index in [0.717, 1.165) is 5.65 Å². The standard InChI is InChI=1S/C28H44N2S/c1-2-5-11-15-19-24(20-16-12-6-3-1)28-30-27-26(31-28)22-21-25(29-27)23-17-13-9-7-4-8-10-14-18-23/h21-24H,1-20H2. The highest BCUT2D eigenvalue weighted by Gasteiger charge is 2.19. The van der Waals surface area contributed by atoms with Crippen LogP contribution < -0.4 is 0 Å². The molecule has 31 heavy (non-hydrogen) atoms. The van der Waals surface area contributed by atoms with Gasteiger partial charge in [-0.2, -0.15) is 0 Å². The zero-order valence-corrected chi connectivity index (χ0v) is 20.6. The van der Waals surface area contributed by atoms with Gasteiger partial charge in [0.05, 0.1) is 9.71 Å². The third-order valence-electron chi connectivity index (χ3n) is 7.77. The molecule has 2 aliphatic carbocycles. The van der Waals surface area contributed by atoms with Crippen molar-refractivity contribution in [3.63, 3.8) is 0 Å². The minimum atomic E-state index is 0.647. The summed E-state index contributed by atoms with van der Waals surface area (Å²) in [4.78, 5) is 10.3. The van der Waals surface area contributed by atoms with Crippen LogP contribution in [0.2, 0.25) is 0 Å². The molecule has 0 radical (unpaired) electrons. The Labute approximate surface area is 194 Å². The van der Waals surface area contributed by atoms with E-state index in [1.807, 2.05) is 11.3 Å². The van der Waals surface area contributed by atoms with Crippen molar-refractivity contribution in [1.82, 2.24) is 9.97 Å². The summed E-state index contributed by atoms with van der Waals surface area (Å²) in [6, 6.07) is 4.68. The van der Waals surface area contributed by atoms with Crippen LogP contribution in [0.5, 0.6) is 0 Å². The number of aromatic nitrogens is 2. The summed E-state index contributed by atoms with van der Waals surface area (Å²) in [6.07, 6.45) is 27.9. The lowest BCUT2D eigenvalue weighted by atomic mass is 9.89. The molecule has 0 spiro atoms. The maximum atomic E-state index is 5.14. The van der Waals surface area contributed by atoms with Crippen LogP contribution in [0.3, 0.4) is 0 Å². The highest BCUT2D eigenvalue weighted by molar-refractivity contribution is 7.18. The Kier molecular flexibility index (Phi) is 9.67. The maximum Gasteiger partial charge on any atom is 0.170 e. The Morgan fingerprint density at radius 2 is 0.968 bits per heavy atom. The molecule has 2 fully saturated rings. The Hall–Kier alpha value is -0.960. The van der Waals surface area contributed by atoms with Crippen molar-refractivity contribution >= 4 is 21.7 Å². The fourth-order valence-corrected chi connectivity index (χ4v) is 6.85. The lowest BCUT2D eigenvalue weighted by Gasteiger charge is -2.18. The lowest BCUT2D eigenvalue weighted by molar-refractivity contribution is 0.457. The third kappa shape index (κ3) is 7.27. The largest absolute Gasteiger partial charge is 0.232 e. The quantitative estimate of drug-likeness (QED) is 0.464. The maximum absolute atomic E-state index is 5.14. The van der Waals surface area contributed by atoms with Crippen molar-refractivity contribution < 1.29 is 0 Å². The molecule has 0 unspecified atom stereocenters. The van der Waals surface area contributed by atoms with Crippen LogP contribution in [0.15, 0.2) is 12.1 Å². The van der Waals surface area contributed by atoms with Crippen molar-refractivity contribution in [2.45, 2.75) is 140 Å². The Morgan fingerprint density at radius 1 is 0.516 bits per heavy atom. The van der Waals surface area contributed by atoms with Crippen molar-refractivity contribution in [2.24, 2.45) is 0 Å². The molecule has 0 atom stereocenters. The normalized spacial score (nSPS) is 22.6. The van der Waals surface area contributed by atoms with Gasteiger partial charge in [-0.1, -0.05) is 103 Å². The molecule has 2 saturated carbocycles. The van der Waals surface area contributed by atoms with Crippen molar-refractivity contribution in [2.75, 3.05) is 0 Å². The minimum Gasteiger partial charge on any atom is -0.232 e. The smallest absolute Gasteiger partial charge is 0.170 e. The van der Waals surface area contributed by atoms with Gasteiger partial charge in [0, 0.05) is 17.5 Å². The van der Waals surface area contributed by atoms with Gasteiger partial charge in [0.1, 0.15) is 0 Å². The first-order valence-corrected chi connectivity index (χ1v) is 14.5. The SMILES string of the molecule is c1cc2sc(C3CCCCCCCCCCC3)nc2nc1C1CCCCCCCCC1. The number of hydrogen-bond acceptors (Lipinski definition) is 3. The van der Waals surface area contributed by atoms with Crippen LogP contribution >= 0.6 is 11.3 Å². The van der Waals surface area contributed by atoms with E-state index in [4.69, 9.17) is 9.97 Å². The molecule has 0 N–H and O–H groups in total. The highest BCUT2D eigenvalue weighted by atomic mass is 32.1. The lowest BCUT2D eigenvalue weighted by Crippen LogP contribution is -2.04. The van der Waals surface area contributed by atoms with Crippen LogP contribution in [0, 0.1) is 0 Å². The van der Waals surface area contributed by atoms with Crippen molar-refractivity contribution in [3.8, 4) is 0 Å². The first-order chi connectivity index (χ1) is 15.4. The first kappa shape index (κ1) is 23.2. The second kappa shape index (κ2) is 12.9. The molecule has 0 saturated heterocycles. The minimum absolute atomic E-state index is 0.647.